The van der Waals surface area contributed by atoms with E-state index in [1.165, 1.54) is 25.7 Å². The fraction of sp³-hybridized carbons (Fsp3) is 0.923. The Morgan fingerprint density at radius 2 is 1.73 bits per heavy atom. The lowest BCUT2D eigenvalue weighted by Gasteiger charge is -2.32. The number of aliphatic carboxylic acids is 1. The van der Waals surface area contributed by atoms with Gasteiger partial charge in [-0.2, -0.15) is 0 Å². The van der Waals surface area contributed by atoms with Gasteiger partial charge in [0.05, 0.1) is 5.92 Å². The van der Waals surface area contributed by atoms with Crippen molar-refractivity contribution in [3.05, 3.63) is 0 Å². The fourth-order valence-electron chi connectivity index (χ4n) is 3.57. The van der Waals surface area contributed by atoms with Crippen LogP contribution in [-0.4, -0.2) is 11.1 Å². The average molecular weight is 210 g/mol. The third kappa shape index (κ3) is 2.35. The Kier molecular flexibility index (Phi) is 3.32. The molecule has 2 aliphatic carbocycles. The first-order chi connectivity index (χ1) is 7.18. The van der Waals surface area contributed by atoms with Gasteiger partial charge in [0.2, 0.25) is 0 Å². The van der Waals surface area contributed by atoms with E-state index < -0.39 is 5.97 Å². The van der Waals surface area contributed by atoms with E-state index >= 15 is 0 Å². The maximum atomic E-state index is 11.1. The van der Waals surface area contributed by atoms with Crippen LogP contribution in [0.4, 0.5) is 0 Å². The van der Waals surface area contributed by atoms with Crippen molar-refractivity contribution in [1.29, 1.82) is 0 Å². The van der Waals surface area contributed by atoms with Crippen molar-refractivity contribution in [2.45, 2.75) is 51.9 Å². The van der Waals surface area contributed by atoms with E-state index in [4.69, 9.17) is 5.11 Å². The summed E-state index contributed by atoms with van der Waals surface area (Å²) in [7, 11) is 0. The Balaban J connectivity index is 1.94. The van der Waals surface area contributed by atoms with Crippen LogP contribution in [-0.2, 0) is 4.79 Å². The Labute approximate surface area is 92.1 Å². The molecule has 2 fully saturated rings. The first kappa shape index (κ1) is 11.0. The normalized spacial score (nSPS) is 41.7. The molecule has 0 saturated heterocycles. The van der Waals surface area contributed by atoms with Gasteiger partial charge < -0.3 is 5.11 Å². The van der Waals surface area contributed by atoms with E-state index in [2.05, 4.69) is 6.92 Å². The molecular formula is C13H22O2. The summed E-state index contributed by atoms with van der Waals surface area (Å²) in [6.45, 7) is 2.32. The van der Waals surface area contributed by atoms with Crippen LogP contribution in [0.1, 0.15) is 51.9 Å². The average Bonchev–Trinajstić information content (AvgIpc) is 2.67. The second-order valence-electron chi connectivity index (χ2n) is 5.56. The molecule has 0 bridgehead atoms. The zero-order valence-corrected chi connectivity index (χ0v) is 9.61. The predicted octanol–water partition coefficient (Wildman–Crippen LogP) is 3.31. The summed E-state index contributed by atoms with van der Waals surface area (Å²) in [6.07, 6.45) is 8.39. The second-order valence-corrected chi connectivity index (χ2v) is 5.56. The van der Waals surface area contributed by atoms with Gasteiger partial charge in [-0.05, 0) is 43.4 Å². The first-order valence-corrected chi connectivity index (χ1v) is 6.41. The highest BCUT2D eigenvalue weighted by atomic mass is 16.4. The number of carbonyl (C=O) groups is 1. The SMILES string of the molecule is CC1CCC(C2CCCC2C(=O)O)CC1. The van der Waals surface area contributed by atoms with Gasteiger partial charge >= 0.3 is 5.97 Å². The van der Waals surface area contributed by atoms with Crippen molar-refractivity contribution in [1.82, 2.24) is 0 Å². The molecule has 2 saturated carbocycles. The van der Waals surface area contributed by atoms with Gasteiger partial charge in [-0.1, -0.05) is 26.2 Å². The first-order valence-electron chi connectivity index (χ1n) is 6.41. The van der Waals surface area contributed by atoms with E-state index in [-0.39, 0.29) is 5.92 Å². The molecule has 0 amide bonds. The molecule has 0 aromatic rings. The van der Waals surface area contributed by atoms with Crippen molar-refractivity contribution in [2.75, 3.05) is 0 Å². The minimum absolute atomic E-state index is 0.0246. The number of rotatable bonds is 2. The van der Waals surface area contributed by atoms with Crippen LogP contribution in [0.25, 0.3) is 0 Å². The molecule has 1 N–H and O–H groups in total. The summed E-state index contributed by atoms with van der Waals surface area (Å²) in [5.41, 5.74) is 0. The van der Waals surface area contributed by atoms with E-state index in [1.807, 2.05) is 0 Å². The van der Waals surface area contributed by atoms with Gasteiger partial charge in [0, 0.05) is 0 Å². The smallest absolute Gasteiger partial charge is 0.306 e. The summed E-state index contributed by atoms with van der Waals surface area (Å²) in [5.74, 6) is 1.50. The minimum Gasteiger partial charge on any atom is -0.481 e. The van der Waals surface area contributed by atoms with Crippen LogP contribution < -0.4 is 0 Å². The van der Waals surface area contributed by atoms with Crippen molar-refractivity contribution in [3.8, 4) is 0 Å². The van der Waals surface area contributed by atoms with Crippen LogP contribution in [0.15, 0.2) is 0 Å². The summed E-state index contributed by atoms with van der Waals surface area (Å²) in [5, 5.41) is 9.17. The molecule has 2 unspecified atom stereocenters. The molecule has 0 spiro atoms. The Morgan fingerprint density at radius 1 is 1.07 bits per heavy atom. The Hall–Kier alpha value is -0.530. The molecule has 2 nitrogen and oxygen atoms in total. The van der Waals surface area contributed by atoms with Crippen molar-refractivity contribution in [2.24, 2.45) is 23.7 Å². The summed E-state index contributed by atoms with van der Waals surface area (Å²) < 4.78 is 0. The molecule has 0 aliphatic heterocycles. The van der Waals surface area contributed by atoms with Crippen molar-refractivity contribution in [3.63, 3.8) is 0 Å². The van der Waals surface area contributed by atoms with Gasteiger partial charge in [-0.25, -0.2) is 0 Å². The highest BCUT2D eigenvalue weighted by Gasteiger charge is 2.38. The molecule has 15 heavy (non-hydrogen) atoms. The lowest BCUT2D eigenvalue weighted by Crippen LogP contribution is -2.27. The maximum absolute atomic E-state index is 11.1. The monoisotopic (exact) mass is 210 g/mol. The molecule has 0 aromatic carbocycles. The van der Waals surface area contributed by atoms with E-state index in [9.17, 15) is 4.79 Å². The highest BCUT2D eigenvalue weighted by molar-refractivity contribution is 5.70. The molecule has 86 valence electrons. The number of carboxylic acid groups (broad SMARTS) is 1. The van der Waals surface area contributed by atoms with E-state index in [0.29, 0.717) is 11.8 Å². The van der Waals surface area contributed by atoms with E-state index in [0.717, 1.165) is 25.2 Å². The quantitative estimate of drug-likeness (QED) is 0.759. The number of hydrogen-bond donors (Lipinski definition) is 1. The lowest BCUT2D eigenvalue weighted by atomic mass is 9.73. The van der Waals surface area contributed by atoms with Gasteiger partial charge in [-0.15, -0.1) is 0 Å². The third-order valence-corrected chi connectivity index (χ3v) is 4.55. The largest absolute Gasteiger partial charge is 0.481 e. The van der Waals surface area contributed by atoms with Crippen LogP contribution in [0.5, 0.6) is 0 Å². The minimum atomic E-state index is -0.545. The molecular weight excluding hydrogens is 188 g/mol. The fourth-order valence-corrected chi connectivity index (χ4v) is 3.57. The van der Waals surface area contributed by atoms with Gasteiger partial charge in [0.15, 0.2) is 0 Å². The zero-order chi connectivity index (χ0) is 10.8. The predicted molar refractivity (Wildman–Crippen MR) is 59.6 cm³/mol. The van der Waals surface area contributed by atoms with Gasteiger partial charge in [0.25, 0.3) is 0 Å². The number of hydrogen-bond acceptors (Lipinski definition) is 1. The van der Waals surface area contributed by atoms with Gasteiger partial charge in [0.1, 0.15) is 0 Å². The summed E-state index contributed by atoms with van der Waals surface area (Å²) >= 11 is 0. The number of carboxylic acids is 1. The van der Waals surface area contributed by atoms with Crippen molar-refractivity contribution < 1.29 is 9.90 Å². The molecule has 2 aliphatic rings. The molecule has 2 atom stereocenters. The summed E-state index contributed by atoms with van der Waals surface area (Å²) in [4.78, 5) is 11.1. The molecule has 0 aromatic heterocycles. The lowest BCUT2D eigenvalue weighted by molar-refractivity contribution is -0.143. The summed E-state index contributed by atoms with van der Waals surface area (Å²) in [6, 6.07) is 0. The topological polar surface area (TPSA) is 37.3 Å². The molecule has 2 heteroatoms. The Morgan fingerprint density at radius 3 is 2.33 bits per heavy atom. The van der Waals surface area contributed by atoms with Crippen LogP contribution in [0.2, 0.25) is 0 Å². The standard InChI is InChI=1S/C13H22O2/c1-9-5-7-10(8-6-9)11-3-2-4-12(11)13(14)15/h9-12H,2-8H2,1H3,(H,14,15). The molecule has 0 radical (unpaired) electrons. The van der Waals surface area contributed by atoms with Crippen molar-refractivity contribution >= 4 is 5.97 Å². The van der Waals surface area contributed by atoms with Crippen LogP contribution in [0, 0.1) is 23.7 Å². The van der Waals surface area contributed by atoms with Gasteiger partial charge in [-0.3, -0.25) is 4.79 Å². The molecule has 0 heterocycles. The maximum Gasteiger partial charge on any atom is 0.306 e. The Bertz CT molecular complexity index is 229. The second kappa shape index (κ2) is 4.54. The van der Waals surface area contributed by atoms with Crippen LogP contribution >= 0.6 is 0 Å². The molecule has 2 rings (SSSR count). The zero-order valence-electron chi connectivity index (χ0n) is 9.61. The third-order valence-electron chi connectivity index (χ3n) is 4.55. The van der Waals surface area contributed by atoms with Crippen LogP contribution in [0.3, 0.4) is 0 Å². The van der Waals surface area contributed by atoms with E-state index in [1.54, 1.807) is 0 Å². The highest BCUT2D eigenvalue weighted by Crippen LogP contribution is 2.43.